The molecule has 56 valence electrons. The Morgan fingerprint density at radius 3 is 2.50 bits per heavy atom. The van der Waals surface area contributed by atoms with Gasteiger partial charge in [-0.2, -0.15) is 0 Å². The highest BCUT2D eigenvalue weighted by Crippen LogP contribution is 2.07. The minimum absolute atomic E-state index is 0.910. The molecule has 1 aliphatic rings. The van der Waals surface area contributed by atoms with Gasteiger partial charge in [0.2, 0.25) is 0 Å². The van der Waals surface area contributed by atoms with Gasteiger partial charge in [-0.3, -0.25) is 4.79 Å². The monoisotopic (exact) mass is 138 g/mol. The second kappa shape index (κ2) is 6.27. The number of aldehydes is 1. The highest BCUT2D eigenvalue weighted by Gasteiger charge is 1.94. The van der Waals surface area contributed by atoms with Crippen LogP contribution >= 0.6 is 0 Å². The number of rotatable bonds is 1. The van der Waals surface area contributed by atoms with Gasteiger partial charge in [-0.05, 0) is 18.4 Å². The van der Waals surface area contributed by atoms with Crippen LogP contribution in [0.4, 0.5) is 0 Å². The topological polar surface area (TPSA) is 17.1 Å². The van der Waals surface area contributed by atoms with Crippen molar-refractivity contribution in [3.05, 3.63) is 23.8 Å². The molecule has 0 aromatic heterocycles. The molecule has 0 heterocycles. The second-order valence-electron chi connectivity index (χ2n) is 1.83. The lowest BCUT2D eigenvalue weighted by Crippen LogP contribution is -1.86. The molecule has 0 radical (unpaired) electrons. The number of allylic oxidation sites excluding steroid dienone is 4. The maximum atomic E-state index is 10.1. The maximum absolute atomic E-state index is 10.1. The molecule has 0 N–H and O–H groups in total. The normalized spacial score (nSPS) is 14.8. The number of carbonyl (C=O) groups is 1. The van der Waals surface area contributed by atoms with Crippen molar-refractivity contribution in [1.29, 1.82) is 0 Å². The molecule has 0 aromatic carbocycles. The molecule has 0 unspecified atom stereocenters. The van der Waals surface area contributed by atoms with Gasteiger partial charge in [-0.15, -0.1) is 0 Å². The molecular weight excluding hydrogens is 124 g/mol. The van der Waals surface area contributed by atoms with Crippen LogP contribution in [0.5, 0.6) is 0 Å². The smallest absolute Gasteiger partial charge is 0.146 e. The number of hydrogen-bond donors (Lipinski definition) is 0. The number of carbonyl (C=O) groups excluding carboxylic acids is 1. The largest absolute Gasteiger partial charge is 0.298 e. The summed E-state index contributed by atoms with van der Waals surface area (Å²) < 4.78 is 0. The predicted molar refractivity (Wildman–Crippen MR) is 43.9 cm³/mol. The van der Waals surface area contributed by atoms with Crippen LogP contribution in [0, 0.1) is 0 Å². The number of hydrogen-bond acceptors (Lipinski definition) is 1. The highest BCUT2D eigenvalue weighted by molar-refractivity contribution is 5.74. The molecule has 0 amide bonds. The standard InChI is InChI=1S/C7H8O.C2H6/c8-6-7-4-2-1-3-5-7;1-2/h1-2,4,6H,3,5H2;1-2H3. The van der Waals surface area contributed by atoms with E-state index in [4.69, 9.17) is 0 Å². The van der Waals surface area contributed by atoms with Gasteiger partial charge >= 0.3 is 0 Å². The van der Waals surface area contributed by atoms with Gasteiger partial charge in [0.05, 0.1) is 0 Å². The summed E-state index contributed by atoms with van der Waals surface area (Å²) in [7, 11) is 0. The fraction of sp³-hybridized carbons (Fsp3) is 0.444. The highest BCUT2D eigenvalue weighted by atomic mass is 16.1. The second-order valence-corrected chi connectivity index (χ2v) is 1.83. The van der Waals surface area contributed by atoms with E-state index < -0.39 is 0 Å². The van der Waals surface area contributed by atoms with Crippen LogP contribution in [0.3, 0.4) is 0 Å². The van der Waals surface area contributed by atoms with Crippen molar-refractivity contribution >= 4 is 6.29 Å². The Hall–Kier alpha value is -0.850. The fourth-order valence-corrected chi connectivity index (χ4v) is 0.719. The SMILES string of the molecule is CC.O=CC1=CC=CCC1. The van der Waals surface area contributed by atoms with E-state index in [2.05, 4.69) is 6.08 Å². The van der Waals surface area contributed by atoms with E-state index in [0.29, 0.717) is 0 Å². The Labute approximate surface area is 62.4 Å². The van der Waals surface area contributed by atoms with Gasteiger partial charge in [-0.25, -0.2) is 0 Å². The quantitative estimate of drug-likeness (QED) is 0.509. The third-order valence-electron chi connectivity index (χ3n) is 1.20. The van der Waals surface area contributed by atoms with E-state index in [0.717, 1.165) is 24.7 Å². The predicted octanol–water partition coefficient (Wildman–Crippen LogP) is 2.49. The van der Waals surface area contributed by atoms with Crippen LogP contribution in [-0.4, -0.2) is 6.29 Å². The van der Waals surface area contributed by atoms with Crippen LogP contribution in [0.15, 0.2) is 23.8 Å². The molecule has 0 atom stereocenters. The summed E-state index contributed by atoms with van der Waals surface area (Å²) >= 11 is 0. The van der Waals surface area contributed by atoms with Crippen molar-refractivity contribution < 1.29 is 4.79 Å². The zero-order valence-corrected chi connectivity index (χ0v) is 6.63. The van der Waals surface area contributed by atoms with Crippen LogP contribution in [-0.2, 0) is 4.79 Å². The van der Waals surface area contributed by atoms with Gasteiger partial charge < -0.3 is 0 Å². The fourth-order valence-electron chi connectivity index (χ4n) is 0.719. The molecule has 0 saturated carbocycles. The molecule has 1 heteroatoms. The van der Waals surface area contributed by atoms with E-state index in [1.807, 2.05) is 26.0 Å². The van der Waals surface area contributed by atoms with Gasteiger partial charge in [-0.1, -0.05) is 32.1 Å². The van der Waals surface area contributed by atoms with E-state index in [1.165, 1.54) is 0 Å². The van der Waals surface area contributed by atoms with Crippen molar-refractivity contribution in [2.45, 2.75) is 26.7 Å². The van der Waals surface area contributed by atoms with Crippen molar-refractivity contribution in [2.75, 3.05) is 0 Å². The van der Waals surface area contributed by atoms with Crippen LogP contribution < -0.4 is 0 Å². The first-order valence-corrected chi connectivity index (χ1v) is 3.74. The van der Waals surface area contributed by atoms with Gasteiger partial charge in [0, 0.05) is 0 Å². The van der Waals surface area contributed by atoms with Gasteiger partial charge in [0.1, 0.15) is 6.29 Å². The molecule has 0 aromatic rings. The lowest BCUT2D eigenvalue weighted by atomic mass is 10.1. The Balaban J connectivity index is 0.000000371. The van der Waals surface area contributed by atoms with E-state index in [1.54, 1.807) is 0 Å². The van der Waals surface area contributed by atoms with Crippen molar-refractivity contribution in [1.82, 2.24) is 0 Å². The minimum Gasteiger partial charge on any atom is -0.298 e. The molecule has 10 heavy (non-hydrogen) atoms. The van der Waals surface area contributed by atoms with Gasteiger partial charge in [0.15, 0.2) is 0 Å². The van der Waals surface area contributed by atoms with Crippen molar-refractivity contribution in [3.8, 4) is 0 Å². The first-order chi connectivity index (χ1) is 4.93. The minimum atomic E-state index is 0.910. The van der Waals surface area contributed by atoms with E-state index >= 15 is 0 Å². The third kappa shape index (κ3) is 3.23. The molecule has 1 rings (SSSR count). The lowest BCUT2D eigenvalue weighted by Gasteiger charge is -1.97. The first kappa shape index (κ1) is 9.15. The van der Waals surface area contributed by atoms with Crippen molar-refractivity contribution in [2.24, 2.45) is 0 Å². The zero-order chi connectivity index (χ0) is 7.82. The molecule has 0 bridgehead atoms. The summed E-state index contributed by atoms with van der Waals surface area (Å²) in [6.45, 7) is 4.00. The average Bonchev–Trinajstić information content (AvgIpc) is 2.10. The van der Waals surface area contributed by atoms with Crippen LogP contribution in [0.25, 0.3) is 0 Å². The summed E-state index contributed by atoms with van der Waals surface area (Å²) in [5.41, 5.74) is 0.910. The molecule has 1 aliphatic carbocycles. The summed E-state index contributed by atoms with van der Waals surface area (Å²) in [5.74, 6) is 0. The molecule has 0 saturated heterocycles. The van der Waals surface area contributed by atoms with E-state index in [-0.39, 0.29) is 0 Å². The molecule has 0 aliphatic heterocycles. The summed E-state index contributed by atoms with van der Waals surface area (Å²) in [6, 6.07) is 0. The maximum Gasteiger partial charge on any atom is 0.146 e. The summed E-state index contributed by atoms with van der Waals surface area (Å²) in [4.78, 5) is 10.1. The van der Waals surface area contributed by atoms with E-state index in [9.17, 15) is 4.79 Å². The Bertz CT molecular complexity index is 143. The lowest BCUT2D eigenvalue weighted by molar-refractivity contribution is -0.105. The molecule has 0 fully saturated rings. The van der Waals surface area contributed by atoms with Crippen LogP contribution in [0.1, 0.15) is 26.7 Å². The molecular formula is C9H14O. The zero-order valence-electron chi connectivity index (χ0n) is 6.63. The summed E-state index contributed by atoms with van der Waals surface area (Å²) in [6.07, 6.45) is 8.70. The molecule has 0 spiro atoms. The first-order valence-electron chi connectivity index (χ1n) is 3.74. The Kier molecular flexibility index (Phi) is 5.74. The van der Waals surface area contributed by atoms with Crippen LogP contribution in [0.2, 0.25) is 0 Å². The van der Waals surface area contributed by atoms with Gasteiger partial charge in [0.25, 0.3) is 0 Å². The average molecular weight is 138 g/mol. The Morgan fingerprint density at radius 1 is 1.50 bits per heavy atom. The van der Waals surface area contributed by atoms with Crippen molar-refractivity contribution in [3.63, 3.8) is 0 Å². The summed E-state index contributed by atoms with van der Waals surface area (Å²) in [5, 5.41) is 0. The third-order valence-corrected chi connectivity index (χ3v) is 1.20. The Morgan fingerprint density at radius 2 is 2.20 bits per heavy atom. The molecule has 1 nitrogen and oxygen atoms in total.